The van der Waals surface area contributed by atoms with E-state index in [1.165, 1.54) is 0 Å². The van der Waals surface area contributed by atoms with Crippen LogP contribution in [0, 0.1) is 0 Å². The molecule has 1 atom stereocenters. The lowest BCUT2D eigenvalue weighted by molar-refractivity contribution is 0.0502. The Labute approximate surface area is 180 Å². The first kappa shape index (κ1) is 20.9. The van der Waals surface area contributed by atoms with E-state index in [1.54, 1.807) is 43.4 Å². The molecule has 0 N–H and O–H groups in total. The molecule has 2 heterocycles. The Balaban J connectivity index is 1.71. The van der Waals surface area contributed by atoms with Gasteiger partial charge in [0, 0.05) is 30.6 Å². The minimum atomic E-state index is -0.654. The number of nitrogens with zero attached hydrogens (tertiary/aromatic N) is 1. The summed E-state index contributed by atoms with van der Waals surface area (Å²) in [7, 11) is 3.13. The van der Waals surface area contributed by atoms with E-state index in [-0.39, 0.29) is 18.2 Å². The molecular formula is C24H25NO6. The third-order valence-corrected chi connectivity index (χ3v) is 5.45. The van der Waals surface area contributed by atoms with E-state index in [1.807, 2.05) is 24.3 Å². The summed E-state index contributed by atoms with van der Waals surface area (Å²) in [5.74, 6) is 0.732. The lowest BCUT2D eigenvalue weighted by Gasteiger charge is -2.26. The highest BCUT2D eigenvalue weighted by molar-refractivity contribution is 5.96. The van der Waals surface area contributed by atoms with Gasteiger partial charge in [-0.3, -0.25) is 4.79 Å². The van der Waals surface area contributed by atoms with Gasteiger partial charge < -0.3 is 23.5 Å². The highest BCUT2D eigenvalue weighted by atomic mass is 16.5. The molecule has 31 heavy (non-hydrogen) atoms. The first-order valence-corrected chi connectivity index (χ1v) is 10.2. The molecule has 0 radical (unpaired) electrons. The molecule has 0 bridgehead atoms. The molecule has 0 aliphatic carbocycles. The standard InChI is InChI=1S/C24H25NO6/c1-28-21-11-5-8-17(22(21)29-2)14-25(15-18-9-6-12-30-18)23(26)19-13-16-7-3-4-10-20(16)31-24(19)27/h3-5,7-8,10-11,13,18H,6,9,12,14-15H2,1-2H3/t18-/m0/s1. The van der Waals surface area contributed by atoms with Crippen LogP contribution in [0.15, 0.2) is 57.7 Å². The molecule has 7 heteroatoms. The Kier molecular flexibility index (Phi) is 6.23. The zero-order valence-electron chi connectivity index (χ0n) is 17.6. The number of hydrogen-bond acceptors (Lipinski definition) is 6. The molecule has 1 aromatic heterocycles. The summed E-state index contributed by atoms with van der Waals surface area (Å²) in [5, 5.41) is 0.696. The molecular weight excluding hydrogens is 398 g/mol. The average Bonchev–Trinajstić information content (AvgIpc) is 3.30. The van der Waals surface area contributed by atoms with Gasteiger partial charge in [0.15, 0.2) is 11.5 Å². The summed E-state index contributed by atoms with van der Waals surface area (Å²) in [5.41, 5.74) is 0.569. The smallest absolute Gasteiger partial charge is 0.349 e. The van der Waals surface area contributed by atoms with E-state index in [4.69, 9.17) is 18.6 Å². The second-order valence-electron chi connectivity index (χ2n) is 7.46. The molecule has 1 aliphatic rings. The van der Waals surface area contributed by atoms with Crippen LogP contribution in [0.3, 0.4) is 0 Å². The SMILES string of the molecule is COc1cccc(CN(C[C@@H]2CCCO2)C(=O)c2cc3ccccc3oc2=O)c1OC. The Morgan fingerprint density at radius 1 is 1.13 bits per heavy atom. The van der Waals surface area contributed by atoms with Gasteiger partial charge in [-0.15, -0.1) is 0 Å². The molecule has 0 spiro atoms. The molecule has 7 nitrogen and oxygen atoms in total. The van der Waals surface area contributed by atoms with Crippen molar-refractivity contribution in [1.29, 1.82) is 0 Å². The summed E-state index contributed by atoms with van der Waals surface area (Å²) in [6, 6.07) is 14.2. The fraction of sp³-hybridized carbons (Fsp3) is 0.333. The van der Waals surface area contributed by atoms with Crippen LogP contribution in [0.4, 0.5) is 0 Å². The van der Waals surface area contributed by atoms with Gasteiger partial charge in [-0.1, -0.05) is 30.3 Å². The van der Waals surface area contributed by atoms with E-state index >= 15 is 0 Å². The van der Waals surface area contributed by atoms with Gasteiger partial charge in [-0.2, -0.15) is 0 Å². The number of ether oxygens (including phenoxy) is 3. The summed E-state index contributed by atoms with van der Waals surface area (Å²) >= 11 is 0. The van der Waals surface area contributed by atoms with Crippen LogP contribution < -0.4 is 15.1 Å². The lowest BCUT2D eigenvalue weighted by atomic mass is 10.1. The van der Waals surface area contributed by atoms with Crippen LogP contribution in [-0.4, -0.2) is 44.3 Å². The first-order chi connectivity index (χ1) is 15.1. The number of hydrogen-bond donors (Lipinski definition) is 0. The molecule has 2 aromatic carbocycles. The van der Waals surface area contributed by atoms with Crippen LogP contribution in [0.5, 0.6) is 11.5 Å². The monoisotopic (exact) mass is 423 g/mol. The van der Waals surface area contributed by atoms with Crippen LogP contribution in [-0.2, 0) is 11.3 Å². The van der Waals surface area contributed by atoms with Crippen LogP contribution in [0.1, 0.15) is 28.8 Å². The van der Waals surface area contributed by atoms with E-state index in [9.17, 15) is 9.59 Å². The molecule has 1 saturated heterocycles. The fourth-order valence-corrected chi connectivity index (χ4v) is 3.92. The van der Waals surface area contributed by atoms with Gasteiger partial charge in [0.1, 0.15) is 11.1 Å². The van der Waals surface area contributed by atoms with Crippen molar-refractivity contribution >= 4 is 16.9 Å². The van der Waals surface area contributed by atoms with E-state index in [2.05, 4.69) is 0 Å². The van der Waals surface area contributed by atoms with Crippen LogP contribution in [0.25, 0.3) is 11.0 Å². The molecule has 1 amide bonds. The number of para-hydroxylation sites is 2. The number of carbonyl (C=O) groups excluding carboxylic acids is 1. The Morgan fingerprint density at radius 3 is 2.71 bits per heavy atom. The zero-order valence-corrected chi connectivity index (χ0v) is 17.6. The largest absolute Gasteiger partial charge is 0.493 e. The van der Waals surface area contributed by atoms with Gasteiger partial charge in [-0.25, -0.2) is 4.79 Å². The third kappa shape index (κ3) is 4.41. The van der Waals surface area contributed by atoms with E-state index in [0.29, 0.717) is 35.6 Å². The number of methoxy groups -OCH3 is 2. The second kappa shape index (κ2) is 9.22. The maximum atomic E-state index is 13.5. The summed E-state index contributed by atoms with van der Waals surface area (Å²) in [4.78, 5) is 27.7. The maximum absolute atomic E-state index is 13.5. The first-order valence-electron chi connectivity index (χ1n) is 10.2. The highest BCUT2D eigenvalue weighted by Crippen LogP contribution is 2.32. The molecule has 162 valence electrons. The normalized spacial score (nSPS) is 15.7. The van der Waals surface area contributed by atoms with Crippen LogP contribution >= 0.6 is 0 Å². The number of fused-ring (bicyclic) bond motifs is 1. The average molecular weight is 423 g/mol. The Bertz CT molecular complexity index is 1130. The van der Waals surface area contributed by atoms with E-state index in [0.717, 1.165) is 18.4 Å². The van der Waals surface area contributed by atoms with Crippen molar-refractivity contribution in [2.75, 3.05) is 27.4 Å². The molecule has 0 saturated carbocycles. The van der Waals surface area contributed by atoms with Crippen molar-refractivity contribution in [3.8, 4) is 11.5 Å². The van der Waals surface area contributed by atoms with Crippen molar-refractivity contribution in [2.24, 2.45) is 0 Å². The predicted octanol–water partition coefficient (Wildman–Crippen LogP) is 3.63. The molecule has 3 aromatic rings. The fourth-order valence-electron chi connectivity index (χ4n) is 3.92. The highest BCUT2D eigenvalue weighted by Gasteiger charge is 2.27. The van der Waals surface area contributed by atoms with Gasteiger partial charge in [-0.05, 0) is 31.0 Å². The van der Waals surface area contributed by atoms with Crippen molar-refractivity contribution in [3.63, 3.8) is 0 Å². The minimum Gasteiger partial charge on any atom is -0.493 e. The van der Waals surface area contributed by atoms with Gasteiger partial charge in [0.2, 0.25) is 0 Å². The van der Waals surface area contributed by atoms with E-state index < -0.39 is 11.5 Å². The molecule has 1 fully saturated rings. The summed E-state index contributed by atoms with van der Waals surface area (Å²) in [6.07, 6.45) is 1.74. The topological polar surface area (TPSA) is 78.2 Å². The lowest BCUT2D eigenvalue weighted by Crippen LogP contribution is -2.39. The molecule has 1 aliphatic heterocycles. The van der Waals surface area contributed by atoms with Gasteiger partial charge in [0.25, 0.3) is 5.91 Å². The Hall–Kier alpha value is -3.32. The van der Waals surface area contributed by atoms with Crippen molar-refractivity contribution in [1.82, 2.24) is 4.90 Å². The number of benzene rings is 2. The van der Waals surface area contributed by atoms with Gasteiger partial charge >= 0.3 is 5.63 Å². The van der Waals surface area contributed by atoms with Gasteiger partial charge in [0.05, 0.1) is 20.3 Å². The minimum absolute atomic E-state index is 0.00133. The maximum Gasteiger partial charge on any atom is 0.349 e. The van der Waals surface area contributed by atoms with Crippen molar-refractivity contribution in [3.05, 3.63) is 70.1 Å². The Morgan fingerprint density at radius 2 is 1.97 bits per heavy atom. The number of amides is 1. The quantitative estimate of drug-likeness (QED) is 0.540. The van der Waals surface area contributed by atoms with Crippen molar-refractivity contribution < 1.29 is 23.4 Å². The molecule has 0 unspecified atom stereocenters. The number of carbonyl (C=O) groups is 1. The third-order valence-electron chi connectivity index (χ3n) is 5.45. The molecule has 4 rings (SSSR count). The number of rotatable bonds is 7. The summed E-state index contributed by atoms with van der Waals surface area (Å²) in [6.45, 7) is 1.28. The van der Waals surface area contributed by atoms with Crippen molar-refractivity contribution in [2.45, 2.75) is 25.5 Å². The van der Waals surface area contributed by atoms with Crippen LogP contribution in [0.2, 0.25) is 0 Å². The zero-order chi connectivity index (χ0) is 21.8. The second-order valence-corrected chi connectivity index (χ2v) is 7.46. The predicted molar refractivity (Wildman–Crippen MR) is 116 cm³/mol. The summed E-state index contributed by atoms with van der Waals surface area (Å²) < 4.78 is 22.1.